The van der Waals surface area contributed by atoms with E-state index in [0.29, 0.717) is 12.2 Å². The van der Waals surface area contributed by atoms with Crippen molar-refractivity contribution in [1.29, 1.82) is 0 Å². The molecule has 1 N–H and O–H groups in total. The van der Waals surface area contributed by atoms with Crippen LogP contribution in [-0.4, -0.2) is 18.2 Å². The average Bonchev–Trinajstić information content (AvgIpc) is 2.69. The van der Waals surface area contributed by atoms with Gasteiger partial charge < -0.3 is 14.6 Å². The summed E-state index contributed by atoms with van der Waals surface area (Å²) in [5, 5.41) is 9.63. The topological polar surface area (TPSA) is 55.8 Å². The summed E-state index contributed by atoms with van der Waals surface area (Å²) >= 11 is 0. The normalized spacial score (nSPS) is 11.6. The number of hydrogen-bond donors (Lipinski definition) is 1. The zero-order valence-corrected chi connectivity index (χ0v) is 15.4. The summed E-state index contributed by atoms with van der Waals surface area (Å²) in [6, 6.07) is 22.5. The number of hydrogen-bond acceptors (Lipinski definition) is 3. The molecule has 138 valence electrons. The molecular weight excluding hydrogens is 340 g/mol. The zero-order valence-electron chi connectivity index (χ0n) is 15.4. The number of carboxylic acid groups (broad SMARTS) is 1. The van der Waals surface area contributed by atoms with Crippen LogP contribution in [0.1, 0.15) is 22.6 Å². The Kier molecular flexibility index (Phi) is 5.77. The van der Waals surface area contributed by atoms with Crippen LogP contribution < -0.4 is 9.47 Å². The number of methoxy groups -OCH3 is 1. The maximum atomic E-state index is 11.7. The molecule has 4 nitrogen and oxygen atoms in total. The highest BCUT2D eigenvalue weighted by Crippen LogP contribution is 2.26. The third-order valence-electron chi connectivity index (χ3n) is 4.44. The van der Waals surface area contributed by atoms with Crippen LogP contribution in [0.5, 0.6) is 17.2 Å². The zero-order chi connectivity index (χ0) is 19.2. The monoisotopic (exact) mass is 362 g/mol. The summed E-state index contributed by atoms with van der Waals surface area (Å²) < 4.78 is 11.0. The fourth-order valence-corrected chi connectivity index (χ4v) is 2.86. The van der Waals surface area contributed by atoms with Crippen LogP contribution in [0.4, 0.5) is 0 Å². The molecule has 0 heterocycles. The number of rotatable bonds is 7. The van der Waals surface area contributed by atoms with Gasteiger partial charge in [0.05, 0.1) is 13.0 Å². The van der Waals surface area contributed by atoms with E-state index in [1.165, 1.54) is 5.56 Å². The van der Waals surface area contributed by atoms with E-state index in [2.05, 4.69) is 0 Å². The van der Waals surface area contributed by atoms with Gasteiger partial charge in [0.2, 0.25) is 0 Å². The fourth-order valence-electron chi connectivity index (χ4n) is 2.86. The molecule has 0 radical (unpaired) electrons. The lowest BCUT2D eigenvalue weighted by molar-refractivity contribution is -0.138. The Morgan fingerprint density at radius 1 is 0.852 bits per heavy atom. The van der Waals surface area contributed by atoms with Crippen molar-refractivity contribution in [3.8, 4) is 17.2 Å². The second-order valence-electron chi connectivity index (χ2n) is 6.43. The largest absolute Gasteiger partial charge is 0.497 e. The van der Waals surface area contributed by atoms with Gasteiger partial charge in [-0.2, -0.15) is 0 Å². The van der Waals surface area contributed by atoms with Crippen molar-refractivity contribution in [3.05, 3.63) is 89.5 Å². The Bertz CT molecular complexity index is 881. The van der Waals surface area contributed by atoms with E-state index in [-0.39, 0.29) is 0 Å². The van der Waals surface area contributed by atoms with E-state index in [4.69, 9.17) is 9.47 Å². The molecule has 0 spiro atoms. The van der Waals surface area contributed by atoms with Gasteiger partial charge in [0.15, 0.2) is 0 Å². The van der Waals surface area contributed by atoms with Gasteiger partial charge in [0.1, 0.15) is 17.2 Å². The number of carboxylic acids is 1. The summed E-state index contributed by atoms with van der Waals surface area (Å²) in [4.78, 5) is 11.7. The number of carbonyl (C=O) groups is 1. The smallest absolute Gasteiger partial charge is 0.311 e. The van der Waals surface area contributed by atoms with Gasteiger partial charge in [0.25, 0.3) is 0 Å². The van der Waals surface area contributed by atoms with Crippen molar-refractivity contribution in [1.82, 2.24) is 0 Å². The molecule has 0 saturated carbocycles. The Morgan fingerprint density at radius 2 is 1.37 bits per heavy atom. The summed E-state index contributed by atoms with van der Waals surface area (Å²) in [6.45, 7) is 2.03. The average molecular weight is 362 g/mol. The minimum absolute atomic E-state index is 0.409. The molecule has 0 fully saturated rings. The lowest BCUT2D eigenvalue weighted by Crippen LogP contribution is -2.14. The Balaban J connectivity index is 1.71. The van der Waals surface area contributed by atoms with E-state index in [0.717, 1.165) is 22.6 Å². The molecule has 0 aliphatic rings. The van der Waals surface area contributed by atoms with Gasteiger partial charge >= 0.3 is 5.97 Å². The number of ether oxygens (including phenoxy) is 2. The predicted molar refractivity (Wildman–Crippen MR) is 105 cm³/mol. The third-order valence-corrected chi connectivity index (χ3v) is 4.44. The fraction of sp³-hybridized carbons (Fsp3) is 0.174. The van der Waals surface area contributed by atoms with Crippen LogP contribution >= 0.6 is 0 Å². The maximum Gasteiger partial charge on any atom is 0.311 e. The van der Waals surface area contributed by atoms with E-state index >= 15 is 0 Å². The quantitative estimate of drug-likeness (QED) is 0.627. The minimum atomic E-state index is -0.847. The van der Waals surface area contributed by atoms with E-state index in [1.807, 2.05) is 55.5 Å². The summed E-state index contributed by atoms with van der Waals surface area (Å²) in [5.74, 6) is 0.745. The van der Waals surface area contributed by atoms with Crippen molar-refractivity contribution < 1.29 is 19.4 Å². The second-order valence-corrected chi connectivity index (χ2v) is 6.43. The molecule has 3 aromatic carbocycles. The van der Waals surface area contributed by atoms with Gasteiger partial charge in [0, 0.05) is 0 Å². The molecule has 4 heteroatoms. The molecular formula is C23H22O4. The first-order chi connectivity index (χ1) is 13.0. The van der Waals surface area contributed by atoms with Crippen LogP contribution in [0, 0.1) is 6.92 Å². The van der Waals surface area contributed by atoms with Crippen molar-refractivity contribution >= 4 is 5.97 Å². The highest BCUT2D eigenvalue weighted by molar-refractivity contribution is 5.76. The van der Waals surface area contributed by atoms with Gasteiger partial charge in [-0.05, 0) is 60.9 Å². The molecule has 1 atom stereocenters. The van der Waals surface area contributed by atoms with Gasteiger partial charge in [-0.3, -0.25) is 4.79 Å². The molecule has 0 aromatic heterocycles. The Morgan fingerprint density at radius 3 is 1.89 bits per heavy atom. The number of aliphatic carboxylic acids is 1. The van der Waals surface area contributed by atoms with E-state index in [1.54, 1.807) is 31.4 Å². The Labute approximate surface area is 159 Å². The standard InChI is InChI=1S/C23H22O4/c1-16-3-9-20(10-4-16)27-21-11-5-17(6-12-21)15-22(23(24)25)18-7-13-19(26-2)14-8-18/h3-14,22H,15H2,1-2H3,(H,24,25). The summed E-state index contributed by atoms with van der Waals surface area (Å²) in [5.41, 5.74) is 2.87. The minimum Gasteiger partial charge on any atom is -0.497 e. The van der Waals surface area contributed by atoms with E-state index < -0.39 is 11.9 Å². The van der Waals surface area contributed by atoms with Gasteiger partial charge in [-0.1, -0.05) is 42.0 Å². The highest BCUT2D eigenvalue weighted by atomic mass is 16.5. The first kappa shape index (κ1) is 18.5. The molecule has 3 rings (SSSR count). The van der Waals surface area contributed by atoms with Crippen LogP contribution in [0.3, 0.4) is 0 Å². The van der Waals surface area contributed by atoms with Crippen molar-refractivity contribution in [2.75, 3.05) is 7.11 Å². The van der Waals surface area contributed by atoms with Crippen LogP contribution in [-0.2, 0) is 11.2 Å². The number of benzene rings is 3. The van der Waals surface area contributed by atoms with Gasteiger partial charge in [-0.25, -0.2) is 0 Å². The molecule has 0 aliphatic carbocycles. The molecule has 1 unspecified atom stereocenters. The van der Waals surface area contributed by atoms with Crippen molar-refractivity contribution in [2.24, 2.45) is 0 Å². The third kappa shape index (κ3) is 4.88. The van der Waals surface area contributed by atoms with Crippen LogP contribution in [0.2, 0.25) is 0 Å². The lowest BCUT2D eigenvalue weighted by Gasteiger charge is -2.14. The molecule has 3 aromatic rings. The first-order valence-electron chi connectivity index (χ1n) is 8.75. The highest BCUT2D eigenvalue weighted by Gasteiger charge is 2.20. The maximum absolute atomic E-state index is 11.7. The lowest BCUT2D eigenvalue weighted by atomic mass is 9.92. The summed E-state index contributed by atoms with van der Waals surface area (Å²) in [7, 11) is 1.59. The second kappa shape index (κ2) is 8.41. The first-order valence-corrected chi connectivity index (χ1v) is 8.75. The van der Waals surface area contributed by atoms with Crippen LogP contribution in [0.25, 0.3) is 0 Å². The Hall–Kier alpha value is -3.27. The molecule has 0 bridgehead atoms. The van der Waals surface area contributed by atoms with Crippen molar-refractivity contribution in [3.63, 3.8) is 0 Å². The van der Waals surface area contributed by atoms with Crippen molar-refractivity contribution in [2.45, 2.75) is 19.3 Å². The number of aryl methyl sites for hydroxylation is 1. The SMILES string of the molecule is COc1ccc(C(Cc2ccc(Oc3ccc(C)cc3)cc2)C(=O)O)cc1. The molecule has 0 saturated heterocycles. The predicted octanol–water partition coefficient (Wildman–Crippen LogP) is 5.21. The van der Waals surface area contributed by atoms with Crippen LogP contribution in [0.15, 0.2) is 72.8 Å². The summed E-state index contributed by atoms with van der Waals surface area (Å²) in [6.07, 6.45) is 0.409. The molecule has 27 heavy (non-hydrogen) atoms. The molecule has 0 aliphatic heterocycles. The molecule has 0 amide bonds. The van der Waals surface area contributed by atoms with E-state index in [9.17, 15) is 9.90 Å². The van der Waals surface area contributed by atoms with Gasteiger partial charge in [-0.15, -0.1) is 0 Å².